The van der Waals surface area contributed by atoms with E-state index in [2.05, 4.69) is 10.1 Å². The summed E-state index contributed by atoms with van der Waals surface area (Å²) in [5.74, 6) is -0.716. The molecule has 128 valence electrons. The zero-order valence-electron chi connectivity index (χ0n) is 13.9. The molecule has 0 aromatic heterocycles. The van der Waals surface area contributed by atoms with Crippen LogP contribution in [0.4, 0.5) is 0 Å². The maximum absolute atomic E-state index is 11.8. The Balaban J connectivity index is 3.87. The molecule has 8 heteroatoms. The summed E-state index contributed by atoms with van der Waals surface area (Å²) in [5.41, 5.74) is 0. The highest BCUT2D eigenvalue weighted by Crippen LogP contribution is 1.95. The molecule has 0 bridgehead atoms. The zero-order valence-corrected chi connectivity index (χ0v) is 13.9. The van der Waals surface area contributed by atoms with Crippen LogP contribution in [0, 0.1) is 0 Å². The van der Waals surface area contributed by atoms with E-state index in [4.69, 9.17) is 4.74 Å². The minimum absolute atomic E-state index is 0.0704. The predicted octanol–water partition coefficient (Wildman–Crippen LogP) is -0.908. The molecule has 0 spiro atoms. The molecule has 0 aromatic carbocycles. The van der Waals surface area contributed by atoms with Gasteiger partial charge in [0.2, 0.25) is 11.8 Å². The van der Waals surface area contributed by atoms with Crippen LogP contribution in [-0.2, 0) is 23.9 Å². The van der Waals surface area contributed by atoms with Gasteiger partial charge in [-0.25, -0.2) is 0 Å². The van der Waals surface area contributed by atoms with E-state index in [1.54, 1.807) is 26.1 Å². The molecule has 0 unspecified atom stereocenters. The quantitative estimate of drug-likeness (QED) is 0.392. The number of nitrogens with zero attached hydrogens (tertiary/aromatic N) is 2. The van der Waals surface area contributed by atoms with Crippen molar-refractivity contribution < 1.29 is 23.9 Å². The molecule has 0 radical (unpaired) electrons. The van der Waals surface area contributed by atoms with Gasteiger partial charge in [-0.3, -0.25) is 19.3 Å². The Morgan fingerprint density at radius 3 is 2.36 bits per heavy atom. The Labute approximate surface area is 131 Å². The second-order valence-electron chi connectivity index (χ2n) is 5.01. The van der Waals surface area contributed by atoms with Gasteiger partial charge < -0.3 is 19.7 Å². The Hall–Kier alpha value is -1.67. The number of nitrogens with one attached hydrogen (secondary N) is 1. The van der Waals surface area contributed by atoms with Crippen LogP contribution in [0.3, 0.4) is 0 Å². The van der Waals surface area contributed by atoms with E-state index in [1.165, 1.54) is 12.0 Å². The number of hydrogen-bond acceptors (Lipinski definition) is 6. The first kappa shape index (κ1) is 20.3. The molecule has 22 heavy (non-hydrogen) atoms. The number of hydrogen-bond donors (Lipinski definition) is 1. The number of carbonyl (C=O) groups is 3. The van der Waals surface area contributed by atoms with Crippen LogP contribution in [0.5, 0.6) is 0 Å². The van der Waals surface area contributed by atoms with E-state index >= 15 is 0 Å². The van der Waals surface area contributed by atoms with Crippen LogP contribution in [-0.4, -0.2) is 88.7 Å². The van der Waals surface area contributed by atoms with E-state index in [-0.39, 0.29) is 31.3 Å². The van der Waals surface area contributed by atoms with Crippen LogP contribution in [0.1, 0.15) is 12.8 Å². The lowest BCUT2D eigenvalue weighted by molar-refractivity contribution is -0.146. The number of amides is 2. The minimum Gasteiger partial charge on any atom is -0.468 e. The molecule has 0 rings (SSSR count). The summed E-state index contributed by atoms with van der Waals surface area (Å²) >= 11 is 0. The summed E-state index contributed by atoms with van der Waals surface area (Å²) in [5, 5.41) is 2.78. The number of ether oxygens (including phenoxy) is 2. The first-order chi connectivity index (χ1) is 10.4. The van der Waals surface area contributed by atoms with Crippen LogP contribution in [0.25, 0.3) is 0 Å². The van der Waals surface area contributed by atoms with Crippen molar-refractivity contribution in [3.63, 3.8) is 0 Å². The lowest BCUT2D eigenvalue weighted by Gasteiger charge is -2.19. The summed E-state index contributed by atoms with van der Waals surface area (Å²) in [6, 6.07) is 0. The summed E-state index contributed by atoms with van der Waals surface area (Å²) in [4.78, 5) is 37.6. The number of esters is 1. The van der Waals surface area contributed by atoms with Gasteiger partial charge in [-0.2, -0.15) is 0 Å². The van der Waals surface area contributed by atoms with Crippen LogP contribution >= 0.6 is 0 Å². The minimum atomic E-state index is -0.459. The number of carbonyl (C=O) groups excluding carboxylic acids is 3. The van der Waals surface area contributed by atoms with Gasteiger partial charge in [0, 0.05) is 40.3 Å². The topological polar surface area (TPSA) is 88.2 Å². The van der Waals surface area contributed by atoms with E-state index < -0.39 is 5.97 Å². The van der Waals surface area contributed by atoms with Crippen LogP contribution in [0.2, 0.25) is 0 Å². The fraction of sp³-hybridized carbons (Fsp3) is 0.786. The monoisotopic (exact) mass is 317 g/mol. The molecule has 0 fully saturated rings. The van der Waals surface area contributed by atoms with E-state index in [0.717, 1.165) is 6.42 Å². The highest BCUT2D eigenvalue weighted by Gasteiger charge is 2.14. The van der Waals surface area contributed by atoms with Crippen LogP contribution < -0.4 is 5.32 Å². The van der Waals surface area contributed by atoms with Crippen molar-refractivity contribution in [1.29, 1.82) is 0 Å². The Kier molecular flexibility index (Phi) is 11.0. The van der Waals surface area contributed by atoms with Gasteiger partial charge in [-0.1, -0.05) is 0 Å². The van der Waals surface area contributed by atoms with Gasteiger partial charge in [0.1, 0.15) is 6.54 Å². The van der Waals surface area contributed by atoms with Crippen LogP contribution in [0.15, 0.2) is 0 Å². The fourth-order valence-corrected chi connectivity index (χ4v) is 1.65. The normalized spacial score (nSPS) is 10.4. The largest absolute Gasteiger partial charge is 0.468 e. The first-order valence-corrected chi connectivity index (χ1v) is 7.15. The second kappa shape index (κ2) is 11.9. The van der Waals surface area contributed by atoms with Crippen molar-refractivity contribution >= 4 is 17.8 Å². The average Bonchev–Trinajstić information content (AvgIpc) is 2.48. The third-order valence-electron chi connectivity index (χ3n) is 2.99. The van der Waals surface area contributed by atoms with Gasteiger partial charge in [0.05, 0.1) is 13.7 Å². The van der Waals surface area contributed by atoms with Crippen molar-refractivity contribution in [3.8, 4) is 0 Å². The Bertz CT molecular complexity index is 362. The summed E-state index contributed by atoms with van der Waals surface area (Å²) in [6.07, 6.45) is 1.00. The van der Waals surface area contributed by atoms with Crippen molar-refractivity contribution in [2.75, 3.05) is 61.1 Å². The molecule has 0 aliphatic carbocycles. The SMILES string of the molecule is COCCCNC(=O)CN(C)CCC(=O)N(C)CC(=O)OC. The lowest BCUT2D eigenvalue weighted by atomic mass is 10.3. The van der Waals surface area contributed by atoms with Gasteiger partial charge in [-0.15, -0.1) is 0 Å². The molecule has 2 amide bonds. The lowest BCUT2D eigenvalue weighted by Crippen LogP contribution is -2.38. The van der Waals surface area contributed by atoms with Gasteiger partial charge in [-0.05, 0) is 13.5 Å². The summed E-state index contributed by atoms with van der Waals surface area (Å²) in [7, 11) is 6.20. The molecule has 8 nitrogen and oxygen atoms in total. The smallest absolute Gasteiger partial charge is 0.325 e. The van der Waals surface area contributed by atoms with Crippen molar-refractivity contribution in [1.82, 2.24) is 15.1 Å². The summed E-state index contributed by atoms with van der Waals surface area (Å²) in [6.45, 7) is 1.77. The number of likely N-dealkylation sites (N-methyl/N-ethyl adjacent to an activating group) is 2. The predicted molar refractivity (Wildman–Crippen MR) is 81.3 cm³/mol. The third-order valence-corrected chi connectivity index (χ3v) is 2.99. The highest BCUT2D eigenvalue weighted by atomic mass is 16.5. The molecule has 1 N–H and O–H groups in total. The Morgan fingerprint density at radius 1 is 1.09 bits per heavy atom. The summed E-state index contributed by atoms with van der Waals surface area (Å²) < 4.78 is 9.39. The third kappa shape index (κ3) is 10.1. The number of rotatable bonds is 11. The number of methoxy groups -OCH3 is 2. The molecule has 0 saturated carbocycles. The molecular weight excluding hydrogens is 290 g/mol. The standard InChI is InChI=1S/C14H27N3O5/c1-16(10-12(18)15-7-5-9-21-3)8-6-13(19)17(2)11-14(20)22-4/h5-11H2,1-4H3,(H,15,18). The first-order valence-electron chi connectivity index (χ1n) is 7.15. The molecule has 0 heterocycles. The molecule has 0 aliphatic heterocycles. The molecule has 0 saturated heterocycles. The van der Waals surface area contributed by atoms with Crippen molar-refractivity contribution in [2.45, 2.75) is 12.8 Å². The van der Waals surface area contributed by atoms with E-state index in [9.17, 15) is 14.4 Å². The fourth-order valence-electron chi connectivity index (χ4n) is 1.65. The molecule has 0 aromatic rings. The van der Waals surface area contributed by atoms with E-state index in [0.29, 0.717) is 19.7 Å². The average molecular weight is 317 g/mol. The maximum Gasteiger partial charge on any atom is 0.325 e. The second-order valence-corrected chi connectivity index (χ2v) is 5.01. The molecular formula is C14H27N3O5. The Morgan fingerprint density at radius 2 is 1.77 bits per heavy atom. The molecule has 0 aliphatic rings. The van der Waals surface area contributed by atoms with Gasteiger partial charge in [0.15, 0.2) is 0 Å². The van der Waals surface area contributed by atoms with Gasteiger partial charge in [0.25, 0.3) is 0 Å². The van der Waals surface area contributed by atoms with Crippen molar-refractivity contribution in [2.24, 2.45) is 0 Å². The van der Waals surface area contributed by atoms with Gasteiger partial charge >= 0.3 is 5.97 Å². The maximum atomic E-state index is 11.8. The van der Waals surface area contributed by atoms with E-state index in [1.807, 2.05) is 0 Å². The zero-order chi connectivity index (χ0) is 17.0. The highest BCUT2D eigenvalue weighted by molar-refractivity contribution is 5.82. The van der Waals surface area contributed by atoms with Crippen molar-refractivity contribution in [3.05, 3.63) is 0 Å². The molecule has 0 atom stereocenters.